The van der Waals surface area contributed by atoms with Crippen LogP contribution in [0.1, 0.15) is 43.0 Å². The van der Waals surface area contributed by atoms with Gasteiger partial charge in [0.1, 0.15) is 0 Å². The van der Waals surface area contributed by atoms with E-state index in [4.69, 9.17) is 0 Å². The summed E-state index contributed by atoms with van der Waals surface area (Å²) in [5.41, 5.74) is 2.75. The van der Waals surface area contributed by atoms with Crippen molar-refractivity contribution in [3.63, 3.8) is 0 Å². The lowest BCUT2D eigenvalue weighted by atomic mass is 10.0. The monoisotopic (exact) mass is 252 g/mol. The van der Waals surface area contributed by atoms with Crippen LogP contribution in [0.25, 0.3) is 0 Å². The zero-order chi connectivity index (χ0) is 13.1. The normalized spacial score (nSPS) is 21.4. The molecule has 0 aliphatic carbocycles. The van der Waals surface area contributed by atoms with Crippen LogP contribution in [-0.4, -0.2) is 16.4 Å². The fourth-order valence-electron chi connectivity index (χ4n) is 3.11. The maximum atomic E-state index is 4.27. The molecule has 2 heterocycles. The Morgan fingerprint density at radius 3 is 2.74 bits per heavy atom. The van der Waals surface area contributed by atoms with Crippen LogP contribution < -0.4 is 0 Å². The molecule has 0 saturated carbocycles. The van der Waals surface area contributed by atoms with Gasteiger partial charge in [-0.15, -0.1) is 0 Å². The van der Waals surface area contributed by atoms with Crippen molar-refractivity contribution >= 4 is 0 Å². The van der Waals surface area contributed by atoms with Gasteiger partial charge in [0.2, 0.25) is 0 Å². The lowest BCUT2D eigenvalue weighted by Crippen LogP contribution is -2.26. The number of nitrogens with zero attached hydrogens (tertiary/aromatic N) is 2. The highest BCUT2D eigenvalue weighted by atomic mass is 15.2. The summed E-state index contributed by atoms with van der Waals surface area (Å²) >= 11 is 0. The minimum Gasteiger partial charge on any atom is -0.290 e. The first-order valence-corrected chi connectivity index (χ1v) is 7.07. The predicted octanol–water partition coefficient (Wildman–Crippen LogP) is 3.98. The second kappa shape index (κ2) is 5.54. The van der Waals surface area contributed by atoms with Crippen molar-refractivity contribution in [3.8, 4) is 0 Å². The first kappa shape index (κ1) is 12.4. The van der Waals surface area contributed by atoms with Gasteiger partial charge < -0.3 is 0 Å². The summed E-state index contributed by atoms with van der Waals surface area (Å²) in [5, 5.41) is 0. The smallest absolute Gasteiger partial charge is 0.0369 e. The molecule has 98 valence electrons. The van der Waals surface area contributed by atoms with E-state index in [1.54, 1.807) is 0 Å². The van der Waals surface area contributed by atoms with Gasteiger partial charge in [-0.3, -0.25) is 9.88 Å². The molecule has 1 aromatic carbocycles. The van der Waals surface area contributed by atoms with Gasteiger partial charge in [-0.05, 0) is 43.5 Å². The summed E-state index contributed by atoms with van der Waals surface area (Å²) in [6.07, 6.45) is 6.38. The van der Waals surface area contributed by atoms with Gasteiger partial charge in [0.05, 0.1) is 0 Å². The zero-order valence-corrected chi connectivity index (χ0v) is 11.4. The summed E-state index contributed by atoms with van der Waals surface area (Å²) in [6.45, 7) is 3.49. The predicted molar refractivity (Wildman–Crippen MR) is 77.8 cm³/mol. The molecular formula is C17H20N2. The van der Waals surface area contributed by atoms with E-state index in [0.717, 1.165) is 0 Å². The minimum atomic E-state index is 0.467. The number of hydrogen-bond donors (Lipinski definition) is 0. The average Bonchev–Trinajstić information content (AvgIpc) is 2.98. The second-order valence-electron chi connectivity index (χ2n) is 5.27. The lowest BCUT2D eigenvalue weighted by Gasteiger charge is -2.31. The third-order valence-corrected chi connectivity index (χ3v) is 4.14. The number of aromatic nitrogens is 1. The van der Waals surface area contributed by atoms with Crippen LogP contribution in [-0.2, 0) is 0 Å². The second-order valence-corrected chi connectivity index (χ2v) is 5.27. The highest BCUT2D eigenvalue weighted by Crippen LogP contribution is 2.37. The van der Waals surface area contributed by atoms with E-state index in [9.17, 15) is 0 Å². The molecule has 1 fully saturated rings. The van der Waals surface area contributed by atoms with Crippen LogP contribution in [0.2, 0.25) is 0 Å². The topological polar surface area (TPSA) is 16.1 Å². The molecule has 2 nitrogen and oxygen atoms in total. The SMILES string of the molecule is C[C@H](c1ccccc1)N1CCC[C@H]1c1cccnc1. The summed E-state index contributed by atoms with van der Waals surface area (Å²) < 4.78 is 0. The Morgan fingerprint density at radius 1 is 1.16 bits per heavy atom. The fraction of sp³-hybridized carbons (Fsp3) is 0.353. The number of benzene rings is 1. The lowest BCUT2D eigenvalue weighted by molar-refractivity contribution is 0.194. The van der Waals surface area contributed by atoms with E-state index < -0.39 is 0 Å². The Kier molecular flexibility index (Phi) is 3.60. The number of pyridine rings is 1. The van der Waals surface area contributed by atoms with E-state index in [0.29, 0.717) is 12.1 Å². The van der Waals surface area contributed by atoms with Gasteiger partial charge in [-0.2, -0.15) is 0 Å². The molecule has 1 saturated heterocycles. The van der Waals surface area contributed by atoms with Crippen LogP contribution >= 0.6 is 0 Å². The van der Waals surface area contributed by atoms with Crippen molar-refractivity contribution in [3.05, 3.63) is 66.0 Å². The molecule has 0 unspecified atom stereocenters. The van der Waals surface area contributed by atoms with Crippen molar-refractivity contribution in [2.75, 3.05) is 6.54 Å². The number of rotatable bonds is 3. The first-order chi connectivity index (χ1) is 9.36. The van der Waals surface area contributed by atoms with E-state index >= 15 is 0 Å². The standard InChI is InChI=1S/C17H20N2/c1-14(15-7-3-2-4-8-15)19-12-6-10-17(19)16-9-5-11-18-13-16/h2-5,7-9,11,13-14,17H,6,10,12H2,1H3/t14-,17+/m1/s1. The molecule has 0 amide bonds. The van der Waals surface area contributed by atoms with Crippen molar-refractivity contribution < 1.29 is 0 Å². The molecule has 19 heavy (non-hydrogen) atoms. The van der Waals surface area contributed by atoms with Gasteiger partial charge in [-0.1, -0.05) is 36.4 Å². The first-order valence-electron chi connectivity index (χ1n) is 7.07. The third-order valence-electron chi connectivity index (χ3n) is 4.14. The molecule has 0 radical (unpaired) electrons. The van der Waals surface area contributed by atoms with Crippen LogP contribution in [0.3, 0.4) is 0 Å². The molecule has 2 aromatic rings. The Hall–Kier alpha value is -1.67. The van der Waals surface area contributed by atoms with E-state index in [2.05, 4.69) is 53.2 Å². The Balaban J connectivity index is 1.84. The van der Waals surface area contributed by atoms with Crippen LogP contribution in [0, 0.1) is 0 Å². The highest BCUT2D eigenvalue weighted by Gasteiger charge is 2.30. The van der Waals surface area contributed by atoms with Crippen molar-refractivity contribution in [2.24, 2.45) is 0 Å². The third kappa shape index (κ3) is 2.54. The van der Waals surface area contributed by atoms with Gasteiger partial charge >= 0.3 is 0 Å². The summed E-state index contributed by atoms with van der Waals surface area (Å²) in [4.78, 5) is 6.87. The Bertz CT molecular complexity index is 509. The molecule has 0 bridgehead atoms. The molecule has 2 atom stereocenters. The largest absolute Gasteiger partial charge is 0.290 e. The van der Waals surface area contributed by atoms with Crippen LogP contribution in [0.4, 0.5) is 0 Å². The van der Waals surface area contributed by atoms with Crippen LogP contribution in [0.5, 0.6) is 0 Å². The van der Waals surface area contributed by atoms with Gasteiger partial charge in [0, 0.05) is 24.5 Å². The molecule has 1 aliphatic rings. The van der Waals surface area contributed by atoms with Crippen molar-refractivity contribution in [2.45, 2.75) is 31.8 Å². The molecule has 2 heteroatoms. The summed E-state index contributed by atoms with van der Waals surface area (Å²) in [7, 11) is 0. The molecule has 3 rings (SSSR count). The van der Waals surface area contributed by atoms with E-state index in [-0.39, 0.29) is 0 Å². The van der Waals surface area contributed by atoms with Gasteiger partial charge in [0.15, 0.2) is 0 Å². The van der Waals surface area contributed by atoms with Crippen molar-refractivity contribution in [1.82, 2.24) is 9.88 Å². The number of likely N-dealkylation sites (tertiary alicyclic amines) is 1. The zero-order valence-electron chi connectivity index (χ0n) is 11.4. The highest BCUT2D eigenvalue weighted by molar-refractivity contribution is 5.21. The van der Waals surface area contributed by atoms with E-state index in [1.807, 2.05) is 18.5 Å². The Labute approximate surface area is 115 Å². The van der Waals surface area contributed by atoms with Gasteiger partial charge in [0.25, 0.3) is 0 Å². The summed E-state index contributed by atoms with van der Waals surface area (Å²) in [6, 6.07) is 16.0. The number of hydrogen-bond acceptors (Lipinski definition) is 2. The maximum Gasteiger partial charge on any atom is 0.0369 e. The Morgan fingerprint density at radius 2 is 2.00 bits per heavy atom. The van der Waals surface area contributed by atoms with Crippen molar-refractivity contribution in [1.29, 1.82) is 0 Å². The molecule has 1 aliphatic heterocycles. The molecular weight excluding hydrogens is 232 g/mol. The molecule has 0 spiro atoms. The quantitative estimate of drug-likeness (QED) is 0.821. The average molecular weight is 252 g/mol. The fourth-order valence-corrected chi connectivity index (χ4v) is 3.11. The summed E-state index contributed by atoms with van der Waals surface area (Å²) in [5.74, 6) is 0. The molecule has 0 N–H and O–H groups in total. The van der Waals surface area contributed by atoms with Crippen LogP contribution in [0.15, 0.2) is 54.9 Å². The van der Waals surface area contributed by atoms with Gasteiger partial charge in [-0.25, -0.2) is 0 Å². The molecule has 1 aromatic heterocycles. The van der Waals surface area contributed by atoms with E-state index in [1.165, 1.54) is 30.5 Å². The maximum absolute atomic E-state index is 4.27. The minimum absolute atomic E-state index is 0.467.